The Bertz CT molecular complexity index is 307. The molecule has 0 aliphatic carbocycles. The van der Waals surface area contributed by atoms with Crippen LogP contribution in [-0.2, 0) is 29.2 Å². The SMILES string of the molecule is Cc1cccc(C(=O)[O][Hg])c1C. The normalized spacial score (nSPS) is 9.67. The molecule has 0 radical (unpaired) electrons. The van der Waals surface area contributed by atoms with Crippen molar-refractivity contribution < 1.29 is 34.0 Å². The van der Waals surface area contributed by atoms with Crippen molar-refractivity contribution in [3.05, 3.63) is 34.9 Å². The summed E-state index contributed by atoms with van der Waals surface area (Å²) in [6.45, 7) is 3.93. The molecular formula is C9H9HgO2. The first-order valence-electron chi connectivity index (χ1n) is 3.69. The average Bonchev–Trinajstić information content (AvgIpc) is 2.08. The standard InChI is InChI=1S/C9H10O2.Hg/c1-6-4-3-5-8(7(6)2)9(10)11;/h3-5H,1-2H3,(H,10,11);/q;+1/p-1. The molecule has 1 aromatic rings. The number of rotatable bonds is 1. The minimum absolute atomic E-state index is 0.0783. The van der Waals surface area contributed by atoms with Crippen LogP contribution in [0.4, 0.5) is 0 Å². The minimum atomic E-state index is -0.181. The zero-order valence-corrected chi connectivity index (χ0v) is 12.8. The first-order chi connectivity index (χ1) is 5.66. The van der Waals surface area contributed by atoms with Crippen LogP contribution in [0.15, 0.2) is 18.2 Å². The molecule has 0 atom stereocenters. The van der Waals surface area contributed by atoms with Gasteiger partial charge in [-0.25, -0.2) is 0 Å². The molecule has 0 amide bonds. The molecule has 0 aromatic heterocycles. The molecule has 0 bridgehead atoms. The molecule has 0 heterocycles. The average molecular weight is 350 g/mol. The molecule has 0 saturated heterocycles. The van der Waals surface area contributed by atoms with E-state index in [1.807, 2.05) is 26.0 Å². The van der Waals surface area contributed by atoms with Gasteiger partial charge in [0.25, 0.3) is 0 Å². The molecule has 0 aliphatic rings. The van der Waals surface area contributed by atoms with Crippen molar-refractivity contribution in [2.45, 2.75) is 13.8 Å². The van der Waals surface area contributed by atoms with Crippen molar-refractivity contribution >= 4 is 5.97 Å². The van der Waals surface area contributed by atoms with E-state index in [-0.39, 0.29) is 32.5 Å². The van der Waals surface area contributed by atoms with Crippen molar-refractivity contribution in [2.75, 3.05) is 0 Å². The van der Waals surface area contributed by atoms with Crippen LogP contribution in [0, 0.1) is 13.8 Å². The molecule has 1 aromatic carbocycles. The monoisotopic (exact) mass is 351 g/mol. The van der Waals surface area contributed by atoms with E-state index < -0.39 is 0 Å². The number of hydrogen-bond acceptors (Lipinski definition) is 2. The number of carbonyl (C=O) groups excluding carboxylic acids is 1. The van der Waals surface area contributed by atoms with Crippen molar-refractivity contribution in [3.8, 4) is 0 Å². The zero-order valence-electron chi connectivity index (χ0n) is 7.26. The predicted octanol–water partition coefficient (Wildman–Crippen LogP) is 1.92. The molecule has 59 valence electrons. The molecule has 0 spiro atoms. The summed E-state index contributed by atoms with van der Waals surface area (Å²) < 4.78 is 4.83. The number of aryl methyl sites for hydroxylation is 1. The summed E-state index contributed by atoms with van der Waals surface area (Å²) in [6, 6.07) is 5.67. The topological polar surface area (TPSA) is 26.3 Å². The van der Waals surface area contributed by atoms with Gasteiger partial charge < -0.3 is 0 Å². The number of hydrogen-bond donors (Lipinski definition) is 0. The Balaban J connectivity index is 3.16. The third-order valence-electron chi connectivity index (χ3n) is 1.96. The van der Waals surface area contributed by atoms with Gasteiger partial charge in [-0.2, -0.15) is 0 Å². The van der Waals surface area contributed by atoms with Gasteiger partial charge in [-0.1, -0.05) is 0 Å². The van der Waals surface area contributed by atoms with Gasteiger partial charge in [0.2, 0.25) is 0 Å². The van der Waals surface area contributed by atoms with Crippen LogP contribution >= 0.6 is 0 Å². The second-order valence-corrected chi connectivity index (χ2v) is 3.80. The maximum atomic E-state index is 11.2. The zero-order chi connectivity index (χ0) is 9.14. The molecule has 12 heavy (non-hydrogen) atoms. The molecule has 0 N–H and O–H groups in total. The van der Waals surface area contributed by atoms with E-state index in [0.717, 1.165) is 11.1 Å². The van der Waals surface area contributed by atoms with Gasteiger partial charge in [0, 0.05) is 0 Å². The Morgan fingerprint density at radius 3 is 2.67 bits per heavy atom. The van der Waals surface area contributed by atoms with Gasteiger partial charge in [-0.3, -0.25) is 0 Å². The van der Waals surface area contributed by atoms with Gasteiger partial charge in [0.05, 0.1) is 0 Å². The van der Waals surface area contributed by atoms with Gasteiger partial charge in [0.15, 0.2) is 0 Å². The van der Waals surface area contributed by atoms with E-state index in [1.165, 1.54) is 0 Å². The number of carbonyl (C=O) groups is 1. The predicted molar refractivity (Wildman–Crippen MR) is 41.3 cm³/mol. The summed E-state index contributed by atoms with van der Waals surface area (Å²) in [6.07, 6.45) is 0. The summed E-state index contributed by atoms with van der Waals surface area (Å²) in [5.74, 6) is -0.181. The Morgan fingerprint density at radius 1 is 1.42 bits per heavy atom. The number of benzene rings is 1. The fraction of sp³-hybridized carbons (Fsp3) is 0.222. The molecule has 2 nitrogen and oxygen atoms in total. The van der Waals surface area contributed by atoms with Crippen LogP contribution in [0.5, 0.6) is 0 Å². The summed E-state index contributed by atoms with van der Waals surface area (Å²) >= 11 is 0.0783. The van der Waals surface area contributed by atoms with Crippen LogP contribution in [0.2, 0.25) is 0 Å². The van der Waals surface area contributed by atoms with E-state index in [1.54, 1.807) is 6.07 Å². The molecule has 0 fully saturated rings. The third-order valence-corrected chi connectivity index (χ3v) is 2.97. The quantitative estimate of drug-likeness (QED) is 0.724. The Kier molecular flexibility index (Phi) is 3.26. The van der Waals surface area contributed by atoms with Gasteiger partial charge >= 0.3 is 88.7 Å². The van der Waals surface area contributed by atoms with E-state index >= 15 is 0 Å². The van der Waals surface area contributed by atoms with Gasteiger partial charge in [-0.15, -0.1) is 0 Å². The molecule has 0 unspecified atom stereocenters. The molecule has 1 rings (SSSR count). The maximum absolute atomic E-state index is 11.2. The van der Waals surface area contributed by atoms with E-state index in [4.69, 9.17) is 2.64 Å². The fourth-order valence-electron chi connectivity index (χ4n) is 1.05. The summed E-state index contributed by atoms with van der Waals surface area (Å²) in [5, 5.41) is 0. The first-order valence-corrected chi connectivity index (χ1v) is 5.94. The molecule has 0 saturated carbocycles. The van der Waals surface area contributed by atoms with Crippen LogP contribution in [0.1, 0.15) is 21.5 Å². The van der Waals surface area contributed by atoms with Crippen molar-refractivity contribution in [1.82, 2.24) is 0 Å². The van der Waals surface area contributed by atoms with Crippen molar-refractivity contribution in [2.24, 2.45) is 0 Å². The summed E-state index contributed by atoms with van der Waals surface area (Å²) in [4.78, 5) is 11.2. The van der Waals surface area contributed by atoms with E-state index in [0.29, 0.717) is 5.56 Å². The second-order valence-electron chi connectivity index (χ2n) is 2.68. The molecule has 0 aliphatic heterocycles. The van der Waals surface area contributed by atoms with Crippen LogP contribution in [0.3, 0.4) is 0 Å². The van der Waals surface area contributed by atoms with Crippen molar-refractivity contribution in [1.29, 1.82) is 0 Å². The first kappa shape index (κ1) is 9.71. The second kappa shape index (κ2) is 4.03. The van der Waals surface area contributed by atoms with Gasteiger partial charge in [0.1, 0.15) is 0 Å². The molecular weight excluding hydrogens is 341 g/mol. The summed E-state index contributed by atoms with van der Waals surface area (Å²) in [5.41, 5.74) is 2.85. The van der Waals surface area contributed by atoms with Crippen LogP contribution in [-0.4, -0.2) is 5.97 Å². The van der Waals surface area contributed by atoms with Crippen LogP contribution in [0.25, 0.3) is 0 Å². The summed E-state index contributed by atoms with van der Waals surface area (Å²) in [7, 11) is 0. The Hall–Kier alpha value is -0.375. The third kappa shape index (κ3) is 1.86. The Labute approximate surface area is 88.6 Å². The van der Waals surface area contributed by atoms with E-state index in [2.05, 4.69) is 0 Å². The fourth-order valence-corrected chi connectivity index (χ4v) is 1.65. The van der Waals surface area contributed by atoms with E-state index in [9.17, 15) is 4.79 Å². The van der Waals surface area contributed by atoms with Gasteiger partial charge in [-0.05, 0) is 0 Å². The Morgan fingerprint density at radius 2 is 2.08 bits per heavy atom. The molecule has 3 heteroatoms. The van der Waals surface area contributed by atoms with Crippen molar-refractivity contribution in [3.63, 3.8) is 0 Å². The van der Waals surface area contributed by atoms with Crippen LogP contribution < -0.4 is 0 Å².